The molecule has 0 saturated carbocycles. The topological polar surface area (TPSA) is 91.9 Å². The number of benzene rings is 1. The van der Waals surface area contributed by atoms with Crippen molar-refractivity contribution >= 4 is 98.7 Å². The van der Waals surface area contributed by atoms with Gasteiger partial charge in [0.25, 0.3) is 0 Å². The van der Waals surface area contributed by atoms with Crippen molar-refractivity contribution in [3.05, 3.63) is 86.2 Å². The number of aromatic hydroxyl groups is 1. The highest BCUT2D eigenvalue weighted by atomic mass is 16.7. The van der Waals surface area contributed by atoms with E-state index in [-0.39, 0.29) is 34.9 Å². The van der Waals surface area contributed by atoms with Crippen LogP contribution in [0.15, 0.2) is 58.4 Å². The Hall–Kier alpha value is -2.52. The van der Waals surface area contributed by atoms with Gasteiger partial charge in [-0.1, -0.05) is 24.3 Å². The summed E-state index contributed by atoms with van der Waals surface area (Å²) in [5.74, 6) is 0.232. The first kappa shape index (κ1) is 41.7. The molecular formula is C27H35B13N2O6. The third kappa shape index (κ3) is 10.7. The third-order valence-corrected chi connectivity index (χ3v) is 8.75. The molecule has 228 valence electrons. The SMILES string of the molecule is Cc1c(O)c(=O)ccn1C.Cc1c(OCc2ccc(B3OC(C)(C)C(C)(C)O3)cc2)c(=O)ccn1C.[B]B([B])B([B])B(B([B])[B])B([B])[B]. The number of rotatable bonds is 8. The van der Waals surface area contributed by atoms with E-state index >= 15 is 0 Å². The van der Waals surface area contributed by atoms with E-state index in [0.717, 1.165) is 16.7 Å². The lowest BCUT2D eigenvalue weighted by atomic mass is 8.53. The predicted octanol–water partition coefficient (Wildman–Crippen LogP) is -1.60. The first-order valence-electron chi connectivity index (χ1n) is 15.5. The summed E-state index contributed by atoms with van der Waals surface area (Å²) < 4.78 is 21.5. The summed E-state index contributed by atoms with van der Waals surface area (Å²) in [6, 6.07) is 10.8. The number of hydrogen-bond donors (Lipinski definition) is 1. The second-order valence-corrected chi connectivity index (χ2v) is 12.9. The van der Waals surface area contributed by atoms with Crippen LogP contribution >= 0.6 is 0 Å². The van der Waals surface area contributed by atoms with Crippen LogP contribution in [0.5, 0.6) is 11.5 Å². The number of nitrogens with zero attached hydrogens (tertiary/aromatic N) is 2. The van der Waals surface area contributed by atoms with Gasteiger partial charge in [-0.25, -0.2) is 0 Å². The molecule has 1 aromatic carbocycles. The maximum atomic E-state index is 12.0. The Balaban J connectivity index is 0.000000301. The number of hydrogen-bond acceptors (Lipinski definition) is 6. The van der Waals surface area contributed by atoms with Gasteiger partial charge in [0.05, 0.1) is 22.6 Å². The summed E-state index contributed by atoms with van der Waals surface area (Å²) in [5, 5.41) is 9.05. The number of ether oxygens (including phenoxy) is 1. The van der Waals surface area contributed by atoms with Gasteiger partial charge in [0.1, 0.15) is 6.61 Å². The Kier molecular flexibility index (Phi) is 15.1. The molecule has 14 radical (unpaired) electrons. The second kappa shape index (κ2) is 17.4. The van der Waals surface area contributed by atoms with Crippen molar-refractivity contribution in [2.75, 3.05) is 0 Å². The standard InChI is InChI=1S/C20H26BNO4.C7H9NO2.B12/c1-14-18(17(23)11-12-22(14)6)24-13-15-7-9-16(10-8-15)21-25-19(2,3)20(4,5)26-21;1-5-7(10)6(9)3-4-8(5)2;1-8(2)11(7)12(9(3)4)10(5)6/h7-12H,13H2,1-6H3;3-4,10H,1-2H3;. The minimum absolute atomic E-state index is 0.102. The lowest BCUT2D eigenvalue weighted by molar-refractivity contribution is 0.00578. The first-order valence-corrected chi connectivity index (χ1v) is 15.5. The second-order valence-electron chi connectivity index (χ2n) is 12.9. The number of aryl methyl sites for hydroxylation is 2. The summed E-state index contributed by atoms with van der Waals surface area (Å²) in [6.07, 6.45) is 0.139. The largest absolute Gasteiger partial charge is 0.503 e. The van der Waals surface area contributed by atoms with E-state index in [9.17, 15) is 9.59 Å². The van der Waals surface area contributed by atoms with Crippen LogP contribution in [0.4, 0.5) is 0 Å². The quantitative estimate of drug-likeness (QED) is 0.304. The van der Waals surface area contributed by atoms with Crippen molar-refractivity contribution in [2.45, 2.75) is 59.4 Å². The van der Waals surface area contributed by atoms with E-state index in [4.69, 9.17) is 73.3 Å². The molecule has 0 atom stereocenters. The number of aromatic nitrogens is 2. The third-order valence-electron chi connectivity index (χ3n) is 8.75. The molecule has 0 amide bonds. The molecule has 0 unspecified atom stereocenters. The molecule has 21 heteroatoms. The van der Waals surface area contributed by atoms with E-state index in [1.54, 1.807) is 30.9 Å². The van der Waals surface area contributed by atoms with Crippen molar-refractivity contribution in [1.29, 1.82) is 0 Å². The first-order chi connectivity index (χ1) is 22.1. The Morgan fingerprint density at radius 2 is 1.21 bits per heavy atom. The number of pyridine rings is 2. The van der Waals surface area contributed by atoms with Crippen LogP contribution in [0.25, 0.3) is 0 Å². The predicted molar refractivity (Wildman–Crippen MR) is 210 cm³/mol. The zero-order valence-electron chi connectivity index (χ0n) is 29.2. The highest BCUT2D eigenvalue weighted by Gasteiger charge is 2.51. The summed E-state index contributed by atoms with van der Waals surface area (Å²) in [4.78, 5) is 22.7. The van der Waals surface area contributed by atoms with Gasteiger partial charge >= 0.3 is 7.12 Å². The van der Waals surface area contributed by atoms with Gasteiger partial charge in [0, 0.05) is 125 Å². The average molecular weight is 624 g/mol. The van der Waals surface area contributed by atoms with Crippen LogP contribution in [0.3, 0.4) is 0 Å². The fourth-order valence-corrected chi connectivity index (χ4v) is 4.53. The van der Waals surface area contributed by atoms with Gasteiger partial charge in [-0.2, -0.15) is 0 Å². The molecular weight excluding hydrogens is 589 g/mol. The van der Waals surface area contributed by atoms with Gasteiger partial charge in [0.15, 0.2) is 11.5 Å². The fraction of sp³-hybridized carbons (Fsp3) is 0.407. The highest BCUT2D eigenvalue weighted by molar-refractivity contribution is 8.05. The molecule has 1 aliphatic heterocycles. The fourth-order valence-electron chi connectivity index (χ4n) is 4.53. The lowest BCUT2D eigenvalue weighted by Crippen LogP contribution is -2.67. The van der Waals surface area contributed by atoms with Crippen molar-refractivity contribution in [1.82, 2.24) is 9.13 Å². The van der Waals surface area contributed by atoms with Crippen molar-refractivity contribution in [3.63, 3.8) is 0 Å². The van der Waals surface area contributed by atoms with Gasteiger partial charge in [-0.15, -0.1) is 0 Å². The van der Waals surface area contributed by atoms with Crippen LogP contribution in [-0.4, -0.2) is 119 Å². The van der Waals surface area contributed by atoms with E-state index in [2.05, 4.69) is 0 Å². The average Bonchev–Trinajstić information content (AvgIpc) is 3.22. The molecule has 2 aromatic heterocycles. The van der Waals surface area contributed by atoms with Crippen molar-refractivity contribution in [2.24, 2.45) is 14.1 Å². The molecule has 8 nitrogen and oxygen atoms in total. The van der Waals surface area contributed by atoms with Gasteiger partial charge in [-0.05, 0) is 52.6 Å². The Morgan fingerprint density at radius 3 is 1.62 bits per heavy atom. The summed E-state index contributed by atoms with van der Waals surface area (Å²) in [7, 11) is 41.2. The molecule has 0 spiro atoms. The minimum atomic E-state index is -0.723. The smallest absolute Gasteiger partial charge is 0.494 e. The van der Waals surface area contributed by atoms with Crippen LogP contribution in [0.1, 0.15) is 44.6 Å². The zero-order chi connectivity index (χ0) is 36.7. The molecule has 3 heterocycles. The lowest BCUT2D eigenvalue weighted by Gasteiger charge is -2.32. The Labute approximate surface area is 297 Å². The van der Waals surface area contributed by atoms with Gasteiger partial charge < -0.3 is 28.3 Å². The Bertz CT molecular complexity index is 1590. The summed E-state index contributed by atoms with van der Waals surface area (Å²) in [5.41, 5.74) is 2.22. The monoisotopic (exact) mass is 626 g/mol. The highest BCUT2D eigenvalue weighted by Crippen LogP contribution is 2.36. The molecule has 3 aromatic rings. The molecule has 1 N–H and O–H groups in total. The summed E-state index contributed by atoms with van der Waals surface area (Å²) >= 11 is 0. The van der Waals surface area contributed by atoms with E-state index in [1.807, 2.05) is 70.5 Å². The van der Waals surface area contributed by atoms with Gasteiger partial charge in [0.2, 0.25) is 10.9 Å². The van der Waals surface area contributed by atoms with Gasteiger partial charge in [-0.3, -0.25) is 9.59 Å². The minimum Gasteiger partial charge on any atom is -0.503 e. The van der Waals surface area contributed by atoms with Crippen LogP contribution < -0.4 is 21.1 Å². The molecule has 1 fully saturated rings. The van der Waals surface area contributed by atoms with E-state index in [0.29, 0.717) is 18.1 Å². The van der Waals surface area contributed by atoms with Crippen molar-refractivity contribution < 1.29 is 19.2 Å². The molecule has 1 saturated heterocycles. The maximum Gasteiger partial charge on any atom is 0.494 e. The Morgan fingerprint density at radius 1 is 0.750 bits per heavy atom. The van der Waals surface area contributed by atoms with E-state index in [1.165, 1.54) is 12.1 Å². The molecule has 0 bridgehead atoms. The van der Waals surface area contributed by atoms with Crippen LogP contribution in [0, 0.1) is 13.8 Å². The normalized spacial score (nSPS) is 14.0. The van der Waals surface area contributed by atoms with Crippen molar-refractivity contribution in [3.8, 4) is 11.5 Å². The molecule has 1 aliphatic rings. The molecule has 48 heavy (non-hydrogen) atoms. The van der Waals surface area contributed by atoms with E-state index < -0.39 is 31.9 Å². The maximum absolute atomic E-state index is 12.0. The van der Waals surface area contributed by atoms with Crippen LogP contribution in [-0.2, 0) is 30.0 Å². The molecule has 0 aliphatic carbocycles. The van der Waals surface area contributed by atoms with Crippen LogP contribution in [0.2, 0.25) is 0 Å². The summed E-state index contributed by atoms with van der Waals surface area (Å²) in [6.45, 7) is 12.1. The molecule has 4 rings (SSSR count). The zero-order valence-corrected chi connectivity index (χ0v) is 29.2.